The fourth-order valence-electron chi connectivity index (χ4n) is 0.387. The quantitative estimate of drug-likeness (QED) is 0.410. The lowest BCUT2D eigenvalue weighted by molar-refractivity contribution is 0.607. The lowest BCUT2D eigenvalue weighted by Gasteiger charge is -2.15. The molecule has 0 aliphatic rings. The summed E-state index contributed by atoms with van der Waals surface area (Å²) in [7, 11) is -1.20. The van der Waals surface area contributed by atoms with Crippen LogP contribution in [0.2, 0.25) is 19.6 Å². The van der Waals surface area contributed by atoms with Gasteiger partial charge in [-0.05, 0) is 31.3 Å². The highest BCUT2D eigenvalue weighted by atomic mass is 28.3. The molecule has 0 fully saturated rings. The average molecular weight is 157 g/mol. The van der Waals surface area contributed by atoms with E-state index in [-0.39, 0.29) is 5.41 Å². The molecule has 0 N–H and O–H groups in total. The third kappa shape index (κ3) is 7.89. The molecule has 0 radical (unpaired) electrons. The molecule has 0 aromatic rings. The maximum absolute atomic E-state index is 4.54. The Morgan fingerprint density at radius 2 is 1.50 bits per heavy atom. The zero-order valence-electron chi connectivity index (χ0n) is 8.02. The van der Waals surface area contributed by atoms with Crippen LogP contribution in [0.3, 0.4) is 0 Å². The van der Waals surface area contributed by atoms with Crippen molar-refractivity contribution in [2.24, 2.45) is 10.1 Å². The maximum Gasteiger partial charge on any atom is 0.171 e. The first kappa shape index (κ1) is 9.89. The van der Waals surface area contributed by atoms with E-state index in [4.69, 9.17) is 0 Å². The Labute approximate surface area is 65.7 Å². The number of hydrogen-bond donors (Lipinski definition) is 0. The fourth-order valence-corrected chi connectivity index (χ4v) is 1.16. The van der Waals surface area contributed by atoms with E-state index in [1.54, 1.807) is 0 Å². The summed E-state index contributed by atoms with van der Waals surface area (Å²) in [6.07, 6.45) is 2.08. The summed E-state index contributed by atoms with van der Waals surface area (Å²) in [5, 5.41) is 0. The Morgan fingerprint density at radius 1 is 1.10 bits per heavy atom. The molecule has 0 aromatic carbocycles. The van der Waals surface area contributed by atoms with Crippen LogP contribution in [-0.2, 0) is 0 Å². The molecule has 0 bridgehead atoms. The lowest BCUT2D eigenvalue weighted by Crippen LogP contribution is -2.19. The second-order valence-electron chi connectivity index (χ2n) is 4.80. The maximum atomic E-state index is 4.54. The summed E-state index contributed by atoms with van der Waals surface area (Å²) in [5.41, 5.74) is 0.250. The summed E-state index contributed by atoms with van der Waals surface area (Å²) < 4.78 is 4.54. The van der Waals surface area contributed by atoms with Gasteiger partial charge in [-0.2, -0.15) is 0 Å². The minimum atomic E-state index is -1.20. The third-order valence-corrected chi connectivity index (χ3v) is 1.74. The van der Waals surface area contributed by atoms with Crippen molar-refractivity contribution in [1.82, 2.24) is 0 Å². The van der Waals surface area contributed by atoms with Crippen molar-refractivity contribution >= 4 is 14.5 Å². The van der Waals surface area contributed by atoms with E-state index in [0.29, 0.717) is 0 Å². The smallest absolute Gasteiger partial charge is 0.171 e. The molecule has 0 heterocycles. The van der Waals surface area contributed by atoms with E-state index < -0.39 is 8.24 Å². The van der Waals surface area contributed by atoms with Gasteiger partial charge in [0.15, 0.2) is 8.24 Å². The van der Waals surface area contributed by atoms with E-state index in [0.717, 1.165) is 0 Å². The molecule has 0 rings (SSSR count). The van der Waals surface area contributed by atoms with Gasteiger partial charge >= 0.3 is 0 Å². The number of nitrogens with zero attached hydrogens (tertiary/aromatic N) is 1. The summed E-state index contributed by atoms with van der Waals surface area (Å²) in [4.78, 5) is 0. The summed E-state index contributed by atoms with van der Waals surface area (Å²) in [5.74, 6) is 0. The van der Waals surface area contributed by atoms with Crippen LogP contribution in [-0.4, -0.2) is 14.5 Å². The van der Waals surface area contributed by atoms with Gasteiger partial charge in [-0.15, -0.1) is 0 Å². The Morgan fingerprint density at radius 3 is 1.60 bits per heavy atom. The van der Waals surface area contributed by atoms with Gasteiger partial charge in [-0.3, -0.25) is 0 Å². The Balaban J connectivity index is 4.01. The van der Waals surface area contributed by atoms with Crippen molar-refractivity contribution in [3.8, 4) is 0 Å². The zero-order valence-corrected chi connectivity index (χ0v) is 9.02. The Hall–Kier alpha value is -0.113. The van der Waals surface area contributed by atoms with Crippen molar-refractivity contribution < 1.29 is 0 Å². The van der Waals surface area contributed by atoms with Crippen LogP contribution in [0.1, 0.15) is 20.8 Å². The van der Waals surface area contributed by atoms with Gasteiger partial charge in [0.05, 0.1) is 0 Å². The molecule has 0 saturated heterocycles. The summed E-state index contributed by atoms with van der Waals surface area (Å²) in [6, 6.07) is 0. The van der Waals surface area contributed by atoms with Crippen LogP contribution in [0.4, 0.5) is 0 Å². The predicted molar refractivity (Wildman–Crippen MR) is 51.3 cm³/mol. The zero-order chi connectivity index (χ0) is 8.41. The average Bonchev–Trinajstić information content (AvgIpc) is 1.57. The predicted octanol–water partition coefficient (Wildman–Crippen LogP) is 2.94. The van der Waals surface area contributed by atoms with Crippen LogP contribution >= 0.6 is 0 Å². The molecule has 60 valence electrons. The van der Waals surface area contributed by atoms with E-state index in [2.05, 4.69) is 51.3 Å². The van der Waals surface area contributed by atoms with Gasteiger partial charge in [-0.1, -0.05) is 20.8 Å². The molecular weight excluding hydrogens is 138 g/mol. The molecule has 0 saturated carbocycles. The Kier molecular flexibility index (Phi) is 2.83. The highest BCUT2D eigenvalue weighted by Crippen LogP contribution is 2.11. The van der Waals surface area contributed by atoms with Crippen molar-refractivity contribution in [3.05, 3.63) is 0 Å². The fraction of sp³-hybridized carbons (Fsp3) is 0.875. The highest BCUT2D eigenvalue weighted by Gasteiger charge is 2.12. The van der Waals surface area contributed by atoms with Crippen LogP contribution in [0.5, 0.6) is 0 Å². The second-order valence-corrected chi connectivity index (χ2v) is 9.39. The van der Waals surface area contributed by atoms with Crippen LogP contribution in [0, 0.1) is 5.41 Å². The van der Waals surface area contributed by atoms with Crippen LogP contribution < -0.4 is 0 Å². The molecule has 0 atom stereocenters. The molecule has 10 heavy (non-hydrogen) atoms. The normalized spacial score (nSPS) is 14.6. The third-order valence-electron chi connectivity index (χ3n) is 0.839. The van der Waals surface area contributed by atoms with E-state index in [1.807, 2.05) is 0 Å². The minimum absolute atomic E-state index is 0.250. The SMILES string of the molecule is CC(C)(C)C=N[Si](C)(C)C. The molecule has 0 amide bonds. The van der Waals surface area contributed by atoms with Crippen LogP contribution in [0.25, 0.3) is 0 Å². The van der Waals surface area contributed by atoms with E-state index in [1.165, 1.54) is 0 Å². The molecule has 1 nitrogen and oxygen atoms in total. The van der Waals surface area contributed by atoms with Gasteiger partial charge < -0.3 is 4.66 Å². The molecule has 0 unspecified atom stereocenters. The topological polar surface area (TPSA) is 12.4 Å². The first-order valence-electron chi connectivity index (χ1n) is 3.77. The minimum Gasteiger partial charge on any atom is -0.333 e. The standard InChI is InChI=1S/C8H19NSi/c1-8(2,3)7-9-10(4,5)6/h7H,1-6H3. The summed E-state index contributed by atoms with van der Waals surface area (Å²) in [6.45, 7) is 13.3. The number of hydrogen-bond acceptors (Lipinski definition) is 1. The molecule has 0 aliphatic heterocycles. The Bertz CT molecular complexity index is 109. The molecule has 0 aromatic heterocycles. The first-order chi connectivity index (χ1) is 4.21. The molecule has 0 aliphatic carbocycles. The largest absolute Gasteiger partial charge is 0.333 e. The van der Waals surface area contributed by atoms with E-state index >= 15 is 0 Å². The number of rotatable bonds is 1. The van der Waals surface area contributed by atoms with Crippen molar-refractivity contribution in [2.75, 3.05) is 0 Å². The van der Waals surface area contributed by atoms with Gasteiger partial charge in [0.2, 0.25) is 0 Å². The van der Waals surface area contributed by atoms with E-state index in [9.17, 15) is 0 Å². The van der Waals surface area contributed by atoms with Crippen molar-refractivity contribution in [1.29, 1.82) is 0 Å². The lowest BCUT2D eigenvalue weighted by atomic mass is 10.00. The van der Waals surface area contributed by atoms with Gasteiger partial charge in [0.25, 0.3) is 0 Å². The highest BCUT2D eigenvalue weighted by molar-refractivity contribution is 6.75. The van der Waals surface area contributed by atoms with Gasteiger partial charge in [0.1, 0.15) is 0 Å². The molecule has 0 spiro atoms. The summed E-state index contributed by atoms with van der Waals surface area (Å²) >= 11 is 0. The molecule has 2 heteroatoms. The first-order valence-corrected chi connectivity index (χ1v) is 7.22. The van der Waals surface area contributed by atoms with Gasteiger partial charge in [0, 0.05) is 0 Å². The van der Waals surface area contributed by atoms with Crippen molar-refractivity contribution in [2.45, 2.75) is 40.4 Å². The monoisotopic (exact) mass is 157 g/mol. The van der Waals surface area contributed by atoms with Crippen LogP contribution in [0.15, 0.2) is 4.66 Å². The molecular formula is C8H19NSi. The second kappa shape index (κ2) is 2.87. The van der Waals surface area contributed by atoms with Gasteiger partial charge in [-0.25, -0.2) is 0 Å². The van der Waals surface area contributed by atoms with Crippen molar-refractivity contribution in [3.63, 3.8) is 0 Å².